The Morgan fingerprint density at radius 1 is 0.493 bits per heavy atom. The van der Waals surface area contributed by atoms with Gasteiger partial charge in [0.2, 0.25) is 0 Å². The van der Waals surface area contributed by atoms with E-state index in [1.54, 1.807) is 27.4 Å². The van der Waals surface area contributed by atoms with Crippen molar-refractivity contribution < 1.29 is 43.0 Å². The number of aliphatic hydroxyl groups is 1. The molecule has 67 heavy (non-hydrogen) atoms. The predicted octanol–water partition coefficient (Wildman–Crippen LogP) is 16.9. The van der Waals surface area contributed by atoms with Gasteiger partial charge in [-0.3, -0.25) is 18.9 Å². The summed E-state index contributed by atoms with van der Waals surface area (Å²) in [5.74, 6) is -0.131. The summed E-state index contributed by atoms with van der Waals surface area (Å²) in [7, 11) is 0.167. The van der Waals surface area contributed by atoms with Crippen LogP contribution in [0.3, 0.4) is 0 Å². The minimum atomic E-state index is -0.500. The lowest BCUT2D eigenvalue weighted by Crippen LogP contribution is -2.10. The van der Waals surface area contributed by atoms with Crippen LogP contribution >= 0.6 is 8.46 Å². The first kappa shape index (κ1) is 68.9. The lowest BCUT2D eigenvalue weighted by molar-refractivity contribution is -0.144. The Bertz CT molecular complexity index is 1180. The molecule has 0 aliphatic carbocycles. The van der Waals surface area contributed by atoms with Crippen LogP contribution in [-0.4, -0.2) is 67.3 Å². The third-order valence-corrected chi connectivity index (χ3v) is 11.1. The smallest absolute Gasteiger partial charge is 0.305 e. The van der Waals surface area contributed by atoms with Gasteiger partial charge in [-0.25, -0.2) is 0 Å². The molecule has 1 aromatic carbocycles. The molecule has 2 unspecified atom stereocenters. The molecule has 0 spiro atoms. The van der Waals surface area contributed by atoms with Crippen molar-refractivity contribution in [1.29, 1.82) is 0 Å². The molecule has 9 nitrogen and oxygen atoms in total. The summed E-state index contributed by atoms with van der Waals surface area (Å²) >= 11 is 0. The highest BCUT2D eigenvalue weighted by atomic mass is 31.1. The van der Waals surface area contributed by atoms with Gasteiger partial charge in [0.1, 0.15) is 0 Å². The molecule has 0 amide bonds. The fourth-order valence-electron chi connectivity index (χ4n) is 6.81. The molecule has 0 saturated carbocycles. The maximum absolute atomic E-state index is 11.7. The second-order valence-corrected chi connectivity index (χ2v) is 19.6. The quantitative estimate of drug-likeness (QED) is 0.0228. The van der Waals surface area contributed by atoms with Gasteiger partial charge in [0.25, 0.3) is 0 Å². The van der Waals surface area contributed by atoms with E-state index in [0.717, 1.165) is 83.5 Å². The van der Waals surface area contributed by atoms with Crippen molar-refractivity contribution >= 4 is 26.4 Å². The monoisotopic (exact) mass is 967 g/mol. The van der Waals surface area contributed by atoms with E-state index in [9.17, 15) is 14.4 Å². The van der Waals surface area contributed by atoms with Crippen molar-refractivity contribution in [2.45, 2.75) is 286 Å². The fourth-order valence-corrected chi connectivity index (χ4v) is 6.81. The number of aryl methyl sites for hydroxylation is 2. The molecule has 394 valence electrons. The zero-order chi connectivity index (χ0) is 50.7. The molecule has 1 saturated heterocycles. The average molecular weight is 967 g/mol. The molecule has 2 rings (SSSR count). The van der Waals surface area contributed by atoms with Crippen molar-refractivity contribution in [3.05, 3.63) is 35.4 Å². The normalized spacial score (nSPS) is 13.6. The first-order chi connectivity index (χ1) is 32.2. The molecule has 1 N–H and O–H groups in total. The largest absolute Gasteiger partial charge is 0.466 e. The van der Waals surface area contributed by atoms with Crippen molar-refractivity contribution in [1.82, 2.24) is 0 Å². The molecule has 0 aromatic heterocycles. The standard InChI is InChI=1S/C26H50O3.C18H34O4.C8H10.C4H10O.CH3OP/c1-3-5-7-9-12-16-20-24-25(29-24)21-17-13-11-14-18-22-26(27)28-23-19-15-10-8-6-4-2;1-3-5-15-21-17(19)13-11-9-7-8-10-12-14-18(20)22-16-6-4-2;1-7-5-3-4-6-8(7)2;1-4(2,3)5;1-3-2/h24-25H,3-23H2,1-2H3;3-16H2,1-2H3;3-6H,1-2H3;5H,1-3H3;1H3. The molecule has 0 radical (unpaired) electrons. The minimum absolute atomic E-state index is 0.00229. The van der Waals surface area contributed by atoms with Gasteiger partial charge in [0, 0.05) is 25.9 Å². The highest BCUT2D eigenvalue weighted by Gasteiger charge is 2.36. The fraction of sp³-hybridized carbons (Fsp3) is 0.842. The highest BCUT2D eigenvalue weighted by Crippen LogP contribution is 2.32. The highest BCUT2D eigenvalue weighted by molar-refractivity contribution is 7.22. The van der Waals surface area contributed by atoms with Gasteiger partial charge in [0.15, 0.2) is 8.46 Å². The summed E-state index contributed by atoms with van der Waals surface area (Å²) in [4.78, 5) is 34.4. The Labute approximate surface area is 415 Å². The maximum atomic E-state index is 11.7. The van der Waals surface area contributed by atoms with E-state index in [1.807, 2.05) is 0 Å². The van der Waals surface area contributed by atoms with Gasteiger partial charge in [-0.05, 0) is 97.1 Å². The van der Waals surface area contributed by atoms with Crippen LogP contribution < -0.4 is 0 Å². The number of carbonyl (C=O) groups excluding carboxylic acids is 3. The molecule has 1 aliphatic rings. The van der Waals surface area contributed by atoms with Crippen molar-refractivity contribution in [2.24, 2.45) is 0 Å². The van der Waals surface area contributed by atoms with Gasteiger partial charge >= 0.3 is 17.9 Å². The van der Waals surface area contributed by atoms with Gasteiger partial charge < -0.3 is 24.1 Å². The van der Waals surface area contributed by atoms with Crippen LogP contribution in [0.25, 0.3) is 0 Å². The summed E-state index contributed by atoms with van der Waals surface area (Å²) in [5, 5.41) is 8.52. The number of ether oxygens (including phenoxy) is 4. The molecule has 1 aliphatic heterocycles. The SMILES string of the molecule is CC(C)(C)O.CCCCCCCCOC(=O)CCCCCCCC1OC1CCCCCCCC.CCCCOC(=O)CCCCCCCCC(=O)OCCCC.CP=O.Cc1ccccc1C. The van der Waals surface area contributed by atoms with Crippen molar-refractivity contribution in [3.8, 4) is 0 Å². The lowest BCUT2D eigenvalue weighted by atomic mass is 10.0. The van der Waals surface area contributed by atoms with E-state index in [1.165, 1.54) is 114 Å². The van der Waals surface area contributed by atoms with Crippen LogP contribution in [-0.2, 0) is 37.9 Å². The predicted molar refractivity (Wildman–Crippen MR) is 283 cm³/mol. The van der Waals surface area contributed by atoms with E-state index in [0.29, 0.717) is 51.3 Å². The molecule has 1 fully saturated rings. The van der Waals surface area contributed by atoms with Crippen molar-refractivity contribution in [3.63, 3.8) is 0 Å². The Morgan fingerprint density at radius 2 is 0.746 bits per heavy atom. The van der Waals surface area contributed by atoms with Gasteiger partial charge in [-0.1, -0.05) is 187 Å². The Hall–Kier alpha value is -2.35. The molecule has 10 heteroatoms. The van der Waals surface area contributed by atoms with Crippen LogP contribution in [0.5, 0.6) is 0 Å². The maximum Gasteiger partial charge on any atom is 0.305 e. The zero-order valence-corrected chi connectivity index (χ0v) is 46.3. The van der Waals surface area contributed by atoms with E-state index in [4.69, 9.17) is 28.6 Å². The Kier molecular flexibility index (Phi) is 54.5. The summed E-state index contributed by atoms with van der Waals surface area (Å²) in [6.45, 7) is 21.4. The molecular weight excluding hydrogens is 860 g/mol. The van der Waals surface area contributed by atoms with Crippen LogP contribution in [0.15, 0.2) is 24.3 Å². The van der Waals surface area contributed by atoms with Crippen molar-refractivity contribution in [2.75, 3.05) is 26.5 Å². The van der Waals surface area contributed by atoms with Crippen LogP contribution in [0.2, 0.25) is 0 Å². The molecular formula is C57H107O9P. The number of hydrogen-bond donors (Lipinski definition) is 1. The second-order valence-electron chi connectivity index (χ2n) is 19.3. The van der Waals surface area contributed by atoms with Crippen LogP contribution in [0.1, 0.15) is 265 Å². The molecule has 2 atom stereocenters. The van der Waals surface area contributed by atoms with E-state index >= 15 is 0 Å². The first-order valence-corrected chi connectivity index (χ1v) is 28.5. The number of esters is 3. The number of carbonyl (C=O) groups is 3. The molecule has 1 heterocycles. The average Bonchev–Trinajstić information content (AvgIpc) is 4.04. The zero-order valence-electron chi connectivity index (χ0n) is 45.4. The summed E-state index contributed by atoms with van der Waals surface area (Å²) < 4.78 is 30.3. The summed E-state index contributed by atoms with van der Waals surface area (Å²) in [5.41, 5.74) is 2.24. The lowest BCUT2D eigenvalue weighted by Gasteiger charge is -2.05. The summed E-state index contributed by atoms with van der Waals surface area (Å²) in [6.07, 6.45) is 37.1. The van der Waals surface area contributed by atoms with E-state index < -0.39 is 5.60 Å². The third-order valence-electron chi connectivity index (χ3n) is 11.1. The van der Waals surface area contributed by atoms with Gasteiger partial charge in [-0.2, -0.15) is 0 Å². The molecule has 0 bridgehead atoms. The Balaban J connectivity index is -0.000000935. The number of hydrogen-bond acceptors (Lipinski definition) is 9. The second kappa shape index (κ2) is 53.0. The van der Waals surface area contributed by atoms with E-state index in [2.05, 4.69) is 65.8 Å². The van der Waals surface area contributed by atoms with Crippen LogP contribution in [0, 0.1) is 13.8 Å². The number of unbranched alkanes of at least 4 members (excludes halogenated alkanes) is 21. The number of rotatable bonds is 37. The molecule has 1 aromatic rings. The first-order valence-electron chi connectivity index (χ1n) is 27.3. The van der Waals surface area contributed by atoms with Gasteiger partial charge in [0.05, 0.1) is 37.6 Å². The topological polar surface area (TPSA) is 129 Å². The number of benzene rings is 1. The van der Waals surface area contributed by atoms with Gasteiger partial charge in [-0.15, -0.1) is 0 Å². The minimum Gasteiger partial charge on any atom is -0.466 e. The van der Waals surface area contributed by atoms with E-state index in [-0.39, 0.29) is 26.4 Å². The third kappa shape index (κ3) is 61.6. The Morgan fingerprint density at radius 3 is 1.04 bits per heavy atom. The van der Waals surface area contributed by atoms with Crippen LogP contribution in [0.4, 0.5) is 0 Å². The number of epoxide rings is 1. The summed E-state index contributed by atoms with van der Waals surface area (Å²) in [6, 6.07) is 8.36.